The molecule has 0 spiro atoms. The number of rotatable bonds is 5. The van der Waals surface area contributed by atoms with Crippen LogP contribution in [0.1, 0.15) is 5.89 Å². The Bertz CT molecular complexity index is 975. The largest absolute Gasteiger partial charge is 0.419 e. The average Bonchev–Trinajstić information content (AvgIpc) is 3.02. The van der Waals surface area contributed by atoms with Gasteiger partial charge in [0.25, 0.3) is 5.89 Å². The second-order valence-electron chi connectivity index (χ2n) is 4.76. The molecule has 124 valence electrons. The van der Waals surface area contributed by atoms with Gasteiger partial charge in [0.1, 0.15) is 5.82 Å². The summed E-state index contributed by atoms with van der Waals surface area (Å²) in [6.07, 6.45) is 0. The van der Waals surface area contributed by atoms with E-state index in [0.29, 0.717) is 5.02 Å². The van der Waals surface area contributed by atoms with Gasteiger partial charge in [-0.1, -0.05) is 29.8 Å². The molecule has 0 amide bonds. The number of hydrogen-bond donors (Lipinski definition) is 1. The summed E-state index contributed by atoms with van der Waals surface area (Å²) in [5.74, 6) is -0.517. The van der Waals surface area contributed by atoms with Crippen molar-refractivity contribution in [3.05, 3.63) is 65.3 Å². The van der Waals surface area contributed by atoms with E-state index in [-0.39, 0.29) is 28.8 Å². The number of benzene rings is 2. The third-order valence-corrected chi connectivity index (χ3v) is 4.72. The summed E-state index contributed by atoms with van der Waals surface area (Å²) in [4.78, 5) is 0.0174. The van der Waals surface area contributed by atoms with Crippen LogP contribution in [0, 0.1) is 5.82 Å². The van der Waals surface area contributed by atoms with E-state index >= 15 is 0 Å². The van der Waals surface area contributed by atoms with Crippen molar-refractivity contribution in [1.29, 1.82) is 0 Å². The Morgan fingerprint density at radius 1 is 1.12 bits per heavy atom. The molecule has 0 aliphatic carbocycles. The molecule has 0 aliphatic rings. The van der Waals surface area contributed by atoms with Gasteiger partial charge in [0.15, 0.2) is 0 Å². The van der Waals surface area contributed by atoms with Gasteiger partial charge in [-0.05, 0) is 30.3 Å². The van der Waals surface area contributed by atoms with Crippen LogP contribution in [0.2, 0.25) is 5.02 Å². The second kappa shape index (κ2) is 6.68. The van der Waals surface area contributed by atoms with Crippen molar-refractivity contribution in [2.24, 2.45) is 0 Å². The first-order valence-electron chi connectivity index (χ1n) is 6.78. The summed E-state index contributed by atoms with van der Waals surface area (Å²) in [5.41, 5.74) is 0.147. The van der Waals surface area contributed by atoms with Crippen molar-refractivity contribution >= 4 is 21.6 Å². The van der Waals surface area contributed by atoms with Crippen LogP contribution in [0.15, 0.2) is 57.8 Å². The number of sulfonamides is 1. The molecule has 1 N–H and O–H groups in total. The van der Waals surface area contributed by atoms with Crippen molar-refractivity contribution in [2.75, 3.05) is 0 Å². The van der Waals surface area contributed by atoms with Crippen LogP contribution < -0.4 is 4.72 Å². The van der Waals surface area contributed by atoms with Crippen molar-refractivity contribution in [1.82, 2.24) is 14.9 Å². The van der Waals surface area contributed by atoms with Crippen LogP contribution in [0.5, 0.6) is 0 Å². The minimum absolute atomic E-state index is 0.0128. The van der Waals surface area contributed by atoms with E-state index in [2.05, 4.69) is 14.9 Å². The van der Waals surface area contributed by atoms with Crippen LogP contribution >= 0.6 is 11.6 Å². The molecule has 1 aromatic heterocycles. The average molecular weight is 368 g/mol. The predicted molar refractivity (Wildman–Crippen MR) is 85.2 cm³/mol. The minimum atomic E-state index is -3.78. The maximum Gasteiger partial charge on any atom is 0.250 e. The number of aromatic nitrogens is 2. The summed E-state index contributed by atoms with van der Waals surface area (Å²) in [5, 5.41) is 7.74. The smallest absolute Gasteiger partial charge is 0.250 e. The highest BCUT2D eigenvalue weighted by Crippen LogP contribution is 2.21. The Labute approximate surface area is 142 Å². The van der Waals surface area contributed by atoms with Crippen LogP contribution in [-0.4, -0.2) is 18.6 Å². The highest BCUT2D eigenvalue weighted by Gasteiger charge is 2.17. The molecule has 0 saturated carbocycles. The fraction of sp³-hybridized carbons (Fsp3) is 0.0667. The molecule has 24 heavy (non-hydrogen) atoms. The lowest BCUT2D eigenvalue weighted by Gasteiger charge is -2.04. The van der Waals surface area contributed by atoms with E-state index in [9.17, 15) is 12.8 Å². The van der Waals surface area contributed by atoms with Crippen molar-refractivity contribution in [3.8, 4) is 11.5 Å². The molecule has 0 bridgehead atoms. The number of hydrogen-bond acceptors (Lipinski definition) is 5. The zero-order valence-electron chi connectivity index (χ0n) is 12.1. The lowest BCUT2D eigenvalue weighted by molar-refractivity contribution is 0.491. The Balaban J connectivity index is 1.75. The molecular formula is C15H11ClFN3O3S. The van der Waals surface area contributed by atoms with E-state index in [1.165, 1.54) is 36.4 Å². The molecular weight excluding hydrogens is 357 g/mol. The van der Waals surface area contributed by atoms with Gasteiger partial charge >= 0.3 is 0 Å². The Morgan fingerprint density at radius 2 is 1.92 bits per heavy atom. The zero-order chi connectivity index (χ0) is 17.2. The molecule has 0 radical (unpaired) electrons. The monoisotopic (exact) mass is 367 g/mol. The fourth-order valence-electron chi connectivity index (χ4n) is 1.94. The Kier molecular flexibility index (Phi) is 4.61. The van der Waals surface area contributed by atoms with Gasteiger partial charge in [-0.15, -0.1) is 10.2 Å². The van der Waals surface area contributed by atoms with Gasteiger partial charge in [-0.2, -0.15) is 0 Å². The lowest BCUT2D eigenvalue weighted by Crippen LogP contribution is -2.23. The molecule has 9 heteroatoms. The van der Waals surface area contributed by atoms with Gasteiger partial charge in [0.05, 0.1) is 17.0 Å². The van der Waals surface area contributed by atoms with Gasteiger partial charge < -0.3 is 4.42 Å². The number of nitrogens with one attached hydrogen (secondary N) is 1. The van der Waals surface area contributed by atoms with E-state index < -0.39 is 15.8 Å². The zero-order valence-corrected chi connectivity index (χ0v) is 13.7. The summed E-state index contributed by atoms with van der Waals surface area (Å²) in [7, 11) is -3.78. The van der Waals surface area contributed by atoms with Crippen LogP contribution in [0.4, 0.5) is 4.39 Å². The highest BCUT2D eigenvalue weighted by molar-refractivity contribution is 7.89. The second-order valence-corrected chi connectivity index (χ2v) is 6.97. The predicted octanol–water partition coefficient (Wildman–Crippen LogP) is 3.01. The fourth-order valence-corrected chi connectivity index (χ4v) is 3.22. The van der Waals surface area contributed by atoms with Gasteiger partial charge in [0, 0.05) is 5.02 Å². The van der Waals surface area contributed by atoms with Crippen LogP contribution in [0.3, 0.4) is 0 Å². The summed E-state index contributed by atoms with van der Waals surface area (Å²) >= 11 is 5.79. The summed E-state index contributed by atoms with van der Waals surface area (Å²) in [6, 6.07) is 11.7. The highest BCUT2D eigenvalue weighted by atomic mass is 35.5. The quantitative estimate of drug-likeness (QED) is 0.749. The topological polar surface area (TPSA) is 85.1 Å². The minimum Gasteiger partial charge on any atom is -0.419 e. The van der Waals surface area contributed by atoms with Crippen molar-refractivity contribution < 1.29 is 17.2 Å². The Hall–Kier alpha value is -2.29. The molecule has 0 unspecified atom stereocenters. The van der Waals surface area contributed by atoms with E-state index in [0.717, 1.165) is 0 Å². The molecule has 3 aromatic rings. The summed E-state index contributed by atoms with van der Waals surface area (Å²) in [6.45, 7) is -0.226. The molecule has 0 fully saturated rings. The molecule has 0 saturated heterocycles. The first-order valence-corrected chi connectivity index (χ1v) is 8.64. The van der Waals surface area contributed by atoms with Gasteiger partial charge in [-0.25, -0.2) is 17.5 Å². The maximum atomic E-state index is 13.7. The van der Waals surface area contributed by atoms with Gasteiger partial charge in [0.2, 0.25) is 15.9 Å². The Morgan fingerprint density at radius 3 is 2.67 bits per heavy atom. The number of halogens is 2. The third kappa shape index (κ3) is 3.61. The SMILES string of the molecule is O=S(=O)(NCc1nnc(-c2ccccc2F)o1)c1cccc(Cl)c1. The van der Waals surface area contributed by atoms with Crippen molar-refractivity contribution in [2.45, 2.75) is 11.4 Å². The molecule has 0 aliphatic heterocycles. The first-order chi connectivity index (χ1) is 11.5. The van der Waals surface area contributed by atoms with E-state index in [1.54, 1.807) is 12.1 Å². The van der Waals surface area contributed by atoms with Crippen LogP contribution in [0.25, 0.3) is 11.5 Å². The molecule has 3 rings (SSSR count). The third-order valence-electron chi connectivity index (χ3n) is 3.09. The standard InChI is InChI=1S/C15H11ClFN3O3S/c16-10-4-3-5-11(8-10)24(21,22)18-9-14-19-20-15(23-14)12-6-1-2-7-13(12)17/h1-8,18H,9H2. The van der Waals surface area contributed by atoms with E-state index in [4.69, 9.17) is 16.0 Å². The maximum absolute atomic E-state index is 13.7. The number of nitrogens with zero attached hydrogens (tertiary/aromatic N) is 2. The molecule has 1 heterocycles. The molecule has 6 nitrogen and oxygen atoms in total. The van der Waals surface area contributed by atoms with E-state index in [1.807, 2.05) is 0 Å². The first kappa shape index (κ1) is 16.6. The lowest BCUT2D eigenvalue weighted by atomic mass is 10.2. The molecule has 0 atom stereocenters. The van der Waals surface area contributed by atoms with Gasteiger partial charge in [-0.3, -0.25) is 0 Å². The van der Waals surface area contributed by atoms with Crippen molar-refractivity contribution in [3.63, 3.8) is 0 Å². The van der Waals surface area contributed by atoms with Crippen LogP contribution in [-0.2, 0) is 16.6 Å². The summed E-state index contributed by atoms with van der Waals surface area (Å²) < 4.78 is 45.6. The normalized spacial score (nSPS) is 11.6. The molecule has 2 aromatic carbocycles.